The maximum Gasteiger partial charge on any atom is 0.180 e. The predicted octanol–water partition coefficient (Wildman–Crippen LogP) is 6.40. The molecule has 0 aliphatic carbocycles. The lowest BCUT2D eigenvalue weighted by Gasteiger charge is -2.15. The molecule has 4 nitrogen and oxygen atoms in total. The lowest BCUT2D eigenvalue weighted by atomic mass is 9.92. The molecule has 0 aliphatic rings. The zero-order chi connectivity index (χ0) is 17.6. The van der Waals surface area contributed by atoms with Gasteiger partial charge in [-0.25, -0.2) is 0 Å². The highest BCUT2D eigenvalue weighted by molar-refractivity contribution is 7.15. The van der Waals surface area contributed by atoms with Crippen molar-refractivity contribution in [3.05, 3.63) is 22.2 Å². The number of fused-ring (bicyclic) bond motifs is 1. The summed E-state index contributed by atoms with van der Waals surface area (Å²) in [6.07, 6.45) is 8.99. The molecule has 0 N–H and O–H groups in total. The SMILES string of the molecule is CCCCC(CCCC)Cc1ccc(-c2nnc(Cl)c3nsnc23)s1. The number of nitrogens with zero attached hydrogens (tertiary/aromatic N) is 4. The van der Waals surface area contributed by atoms with Gasteiger partial charge in [0.25, 0.3) is 0 Å². The number of aromatic nitrogens is 4. The molecule has 0 amide bonds. The molecular weight excluding hydrogens is 372 g/mol. The molecule has 0 aromatic carbocycles. The van der Waals surface area contributed by atoms with Crippen LogP contribution in [0.5, 0.6) is 0 Å². The van der Waals surface area contributed by atoms with Crippen LogP contribution >= 0.6 is 34.7 Å². The molecule has 134 valence electrons. The van der Waals surface area contributed by atoms with Crippen molar-refractivity contribution in [2.75, 3.05) is 0 Å². The molecule has 0 fully saturated rings. The van der Waals surface area contributed by atoms with Crippen molar-refractivity contribution in [2.24, 2.45) is 5.92 Å². The molecular formula is C18H23ClN4S2. The van der Waals surface area contributed by atoms with E-state index in [0.29, 0.717) is 10.7 Å². The van der Waals surface area contributed by atoms with Crippen molar-refractivity contribution < 1.29 is 0 Å². The zero-order valence-electron chi connectivity index (χ0n) is 14.7. The lowest BCUT2D eigenvalue weighted by Crippen LogP contribution is -2.03. The minimum atomic E-state index is 0.323. The highest BCUT2D eigenvalue weighted by Crippen LogP contribution is 2.34. The van der Waals surface area contributed by atoms with Crippen LogP contribution in [-0.4, -0.2) is 18.9 Å². The fraction of sp³-hybridized carbons (Fsp3) is 0.556. The molecule has 3 aromatic rings. The van der Waals surface area contributed by atoms with Gasteiger partial charge in [-0.05, 0) is 24.5 Å². The predicted molar refractivity (Wildman–Crippen MR) is 108 cm³/mol. The van der Waals surface area contributed by atoms with Gasteiger partial charge in [0.05, 0.1) is 16.6 Å². The van der Waals surface area contributed by atoms with E-state index in [-0.39, 0.29) is 0 Å². The molecule has 0 aliphatic heterocycles. The monoisotopic (exact) mass is 394 g/mol. The molecule has 3 heterocycles. The van der Waals surface area contributed by atoms with Crippen LogP contribution in [0.15, 0.2) is 12.1 Å². The van der Waals surface area contributed by atoms with Crippen LogP contribution in [0.1, 0.15) is 57.2 Å². The summed E-state index contributed by atoms with van der Waals surface area (Å²) in [6, 6.07) is 4.36. The van der Waals surface area contributed by atoms with E-state index in [1.165, 1.54) is 43.4 Å². The topological polar surface area (TPSA) is 51.6 Å². The maximum absolute atomic E-state index is 6.06. The summed E-state index contributed by atoms with van der Waals surface area (Å²) < 4.78 is 8.59. The Hall–Kier alpha value is -1.11. The average molecular weight is 395 g/mol. The van der Waals surface area contributed by atoms with E-state index in [2.05, 4.69) is 44.9 Å². The Morgan fingerprint density at radius 3 is 2.44 bits per heavy atom. The molecule has 3 aromatic heterocycles. The summed E-state index contributed by atoms with van der Waals surface area (Å²) in [6.45, 7) is 4.54. The number of thiophene rings is 1. The second-order valence-electron chi connectivity index (χ2n) is 6.42. The van der Waals surface area contributed by atoms with Gasteiger partial charge >= 0.3 is 0 Å². The molecule has 0 saturated carbocycles. The van der Waals surface area contributed by atoms with Gasteiger partial charge in [-0.1, -0.05) is 64.0 Å². The first kappa shape index (κ1) is 18.7. The minimum absolute atomic E-state index is 0.323. The normalized spacial score (nSPS) is 11.7. The Morgan fingerprint density at radius 1 is 1.00 bits per heavy atom. The van der Waals surface area contributed by atoms with E-state index in [1.807, 2.05) is 0 Å². The summed E-state index contributed by atoms with van der Waals surface area (Å²) in [5, 5.41) is 8.63. The fourth-order valence-electron chi connectivity index (χ4n) is 3.07. The molecule has 0 spiro atoms. The van der Waals surface area contributed by atoms with Gasteiger partial charge in [0, 0.05) is 4.88 Å². The minimum Gasteiger partial charge on any atom is -0.170 e. The van der Waals surface area contributed by atoms with Crippen LogP contribution < -0.4 is 0 Å². The van der Waals surface area contributed by atoms with Crippen LogP contribution in [0.25, 0.3) is 21.6 Å². The largest absolute Gasteiger partial charge is 0.180 e. The molecule has 0 saturated heterocycles. The summed E-state index contributed by atoms with van der Waals surface area (Å²) >= 11 is 9.01. The van der Waals surface area contributed by atoms with Gasteiger partial charge in [0.2, 0.25) is 0 Å². The van der Waals surface area contributed by atoms with Gasteiger partial charge in [-0.2, -0.15) is 8.75 Å². The second-order valence-corrected chi connectivity index (χ2v) is 8.48. The van der Waals surface area contributed by atoms with Crippen molar-refractivity contribution in [3.63, 3.8) is 0 Å². The lowest BCUT2D eigenvalue weighted by molar-refractivity contribution is 0.419. The second kappa shape index (κ2) is 9.01. The number of rotatable bonds is 9. The Balaban J connectivity index is 1.78. The van der Waals surface area contributed by atoms with E-state index in [9.17, 15) is 0 Å². The molecule has 0 atom stereocenters. The van der Waals surface area contributed by atoms with Crippen molar-refractivity contribution in [3.8, 4) is 10.6 Å². The van der Waals surface area contributed by atoms with Crippen LogP contribution in [0.3, 0.4) is 0 Å². The van der Waals surface area contributed by atoms with Gasteiger partial charge in [0.15, 0.2) is 5.15 Å². The molecule has 0 unspecified atom stereocenters. The Morgan fingerprint density at radius 2 is 1.72 bits per heavy atom. The third-order valence-corrected chi connectivity index (χ3v) is 6.36. The van der Waals surface area contributed by atoms with Crippen molar-refractivity contribution >= 4 is 45.7 Å². The summed E-state index contributed by atoms with van der Waals surface area (Å²) in [5.41, 5.74) is 2.20. The highest BCUT2D eigenvalue weighted by Gasteiger charge is 2.17. The number of halogens is 1. The summed E-state index contributed by atoms with van der Waals surface area (Å²) in [4.78, 5) is 2.52. The number of hydrogen-bond donors (Lipinski definition) is 0. The van der Waals surface area contributed by atoms with Crippen LogP contribution in [0.4, 0.5) is 0 Å². The van der Waals surface area contributed by atoms with Gasteiger partial charge in [0.1, 0.15) is 16.7 Å². The standard InChI is InChI=1S/C18H23ClN4S2/c1-3-5-7-12(8-6-4-2)11-13-9-10-14(24-13)15-16-17(23-25-22-16)18(19)21-20-15/h9-10,12H,3-8,11H2,1-2H3. The smallest absolute Gasteiger partial charge is 0.170 e. The van der Waals surface area contributed by atoms with E-state index in [4.69, 9.17) is 11.6 Å². The molecule has 3 rings (SSSR count). The fourth-order valence-corrected chi connectivity index (χ4v) is 4.94. The quantitative estimate of drug-likeness (QED) is 0.421. The van der Waals surface area contributed by atoms with Crippen molar-refractivity contribution in [1.29, 1.82) is 0 Å². The molecule has 0 radical (unpaired) electrons. The van der Waals surface area contributed by atoms with Crippen molar-refractivity contribution in [1.82, 2.24) is 18.9 Å². The van der Waals surface area contributed by atoms with Crippen LogP contribution in [0.2, 0.25) is 5.15 Å². The van der Waals surface area contributed by atoms with E-state index in [0.717, 1.165) is 40.2 Å². The Kier molecular flexibility index (Phi) is 6.73. The van der Waals surface area contributed by atoms with Crippen molar-refractivity contribution in [2.45, 2.75) is 58.8 Å². The Labute approximate surface area is 162 Å². The van der Waals surface area contributed by atoms with Crippen LogP contribution in [-0.2, 0) is 6.42 Å². The number of unbranched alkanes of at least 4 members (excludes halogenated alkanes) is 2. The average Bonchev–Trinajstić information content (AvgIpc) is 3.28. The molecule has 25 heavy (non-hydrogen) atoms. The number of hydrogen-bond acceptors (Lipinski definition) is 6. The van der Waals surface area contributed by atoms with E-state index in [1.54, 1.807) is 11.3 Å². The van der Waals surface area contributed by atoms with Gasteiger partial charge < -0.3 is 0 Å². The van der Waals surface area contributed by atoms with E-state index < -0.39 is 0 Å². The van der Waals surface area contributed by atoms with Gasteiger partial charge in [-0.3, -0.25) is 0 Å². The summed E-state index contributed by atoms with van der Waals surface area (Å²) in [7, 11) is 0. The zero-order valence-corrected chi connectivity index (χ0v) is 17.1. The molecule has 0 bridgehead atoms. The van der Waals surface area contributed by atoms with Gasteiger partial charge in [-0.15, -0.1) is 21.5 Å². The highest BCUT2D eigenvalue weighted by atomic mass is 35.5. The third-order valence-electron chi connectivity index (χ3n) is 4.46. The van der Waals surface area contributed by atoms with Crippen LogP contribution in [0, 0.1) is 5.92 Å². The summed E-state index contributed by atoms with van der Waals surface area (Å²) in [5.74, 6) is 0.781. The van der Waals surface area contributed by atoms with E-state index >= 15 is 0 Å². The first-order chi connectivity index (χ1) is 12.2. The first-order valence-corrected chi connectivity index (χ1v) is 10.9. The first-order valence-electron chi connectivity index (χ1n) is 8.96. The Bertz CT molecular complexity index is 806. The molecule has 7 heteroatoms. The maximum atomic E-state index is 6.06. The third kappa shape index (κ3) is 4.54.